The number of primary amides is 1. The van der Waals surface area contributed by atoms with E-state index in [-0.39, 0.29) is 23.5 Å². The van der Waals surface area contributed by atoms with Gasteiger partial charge >= 0.3 is 0 Å². The molecule has 0 spiro atoms. The van der Waals surface area contributed by atoms with Crippen molar-refractivity contribution >= 4 is 5.91 Å². The van der Waals surface area contributed by atoms with E-state index in [1.165, 1.54) is 22.8 Å². The Morgan fingerprint density at radius 2 is 2.10 bits per heavy atom. The highest BCUT2D eigenvalue weighted by molar-refractivity contribution is 5.92. The molecule has 6 heteroatoms. The monoisotopic (exact) mass is 276 g/mol. The third-order valence-corrected chi connectivity index (χ3v) is 2.78. The van der Waals surface area contributed by atoms with Gasteiger partial charge in [0.05, 0.1) is 0 Å². The predicted octanol–water partition coefficient (Wildman–Crippen LogP) is 1.20. The van der Waals surface area contributed by atoms with Gasteiger partial charge in [-0.15, -0.1) is 0 Å². The number of carbonyl (C=O) groups excluding carboxylic acids is 1. The molecule has 0 aliphatic rings. The van der Waals surface area contributed by atoms with Gasteiger partial charge in [-0.05, 0) is 29.8 Å². The van der Waals surface area contributed by atoms with Gasteiger partial charge in [0.25, 0.3) is 5.56 Å². The molecular weight excluding hydrogens is 263 g/mol. The minimum atomic E-state index is -0.706. The summed E-state index contributed by atoms with van der Waals surface area (Å²) in [5, 5.41) is 0. The van der Waals surface area contributed by atoms with Crippen LogP contribution in [0.1, 0.15) is 15.9 Å². The Morgan fingerprint density at radius 1 is 1.35 bits per heavy atom. The molecule has 0 bridgehead atoms. The zero-order valence-electron chi connectivity index (χ0n) is 10.8. The summed E-state index contributed by atoms with van der Waals surface area (Å²) in [6.07, 6.45) is 1.60. The van der Waals surface area contributed by atoms with Crippen LogP contribution in [-0.4, -0.2) is 10.5 Å². The smallest absolute Gasteiger partial charge is 0.250 e. The lowest BCUT2D eigenvalue weighted by Crippen LogP contribution is -2.15. The number of nitrogens with two attached hydrogens (primary N) is 1. The number of hydrogen-bond acceptors (Lipinski definition) is 3. The fourth-order valence-electron chi connectivity index (χ4n) is 1.61. The molecule has 0 aliphatic heterocycles. The Kier molecular flexibility index (Phi) is 3.84. The van der Waals surface area contributed by atoms with Gasteiger partial charge in [0, 0.05) is 24.9 Å². The molecule has 0 saturated carbocycles. The fraction of sp³-hybridized carbons (Fsp3) is 0.143. The van der Waals surface area contributed by atoms with E-state index in [0.29, 0.717) is 5.56 Å². The lowest BCUT2D eigenvalue weighted by atomic mass is 10.2. The number of rotatable bonds is 4. The lowest BCUT2D eigenvalue weighted by Gasteiger charge is -2.08. The topological polar surface area (TPSA) is 74.3 Å². The van der Waals surface area contributed by atoms with Crippen molar-refractivity contribution in [2.24, 2.45) is 12.8 Å². The zero-order chi connectivity index (χ0) is 14.7. The third kappa shape index (κ3) is 3.03. The van der Waals surface area contributed by atoms with Crippen LogP contribution in [0, 0.1) is 5.82 Å². The van der Waals surface area contributed by atoms with Gasteiger partial charge in [0.15, 0.2) is 11.6 Å². The van der Waals surface area contributed by atoms with Crippen LogP contribution >= 0.6 is 0 Å². The summed E-state index contributed by atoms with van der Waals surface area (Å²) in [7, 11) is 1.63. The second-order valence-electron chi connectivity index (χ2n) is 4.28. The number of pyridine rings is 1. The summed E-state index contributed by atoms with van der Waals surface area (Å²) in [5.41, 5.74) is 5.58. The second kappa shape index (κ2) is 5.56. The van der Waals surface area contributed by atoms with Crippen molar-refractivity contribution < 1.29 is 13.9 Å². The molecule has 0 fully saturated rings. The van der Waals surface area contributed by atoms with Crippen molar-refractivity contribution in [3.8, 4) is 5.75 Å². The van der Waals surface area contributed by atoms with E-state index in [0.717, 1.165) is 6.07 Å². The van der Waals surface area contributed by atoms with Crippen molar-refractivity contribution in [1.82, 2.24) is 4.57 Å². The van der Waals surface area contributed by atoms with Crippen LogP contribution in [0.25, 0.3) is 0 Å². The van der Waals surface area contributed by atoms with Crippen molar-refractivity contribution in [2.45, 2.75) is 6.61 Å². The Morgan fingerprint density at radius 3 is 2.70 bits per heavy atom. The molecule has 0 unspecified atom stereocenters. The Balaban J connectivity index is 2.12. The van der Waals surface area contributed by atoms with Crippen molar-refractivity contribution in [3.63, 3.8) is 0 Å². The number of ether oxygens (including phenoxy) is 1. The fourth-order valence-corrected chi connectivity index (χ4v) is 1.61. The minimum absolute atomic E-state index is 0.00400. The van der Waals surface area contributed by atoms with Crippen LogP contribution in [0.5, 0.6) is 5.75 Å². The summed E-state index contributed by atoms with van der Waals surface area (Å²) in [5.74, 6) is -1.39. The molecular formula is C14H13FN2O3. The van der Waals surface area contributed by atoms with Crippen molar-refractivity contribution in [1.29, 1.82) is 0 Å². The molecule has 1 aromatic heterocycles. The number of benzene rings is 1. The predicted molar refractivity (Wildman–Crippen MR) is 70.9 cm³/mol. The first-order valence-electron chi connectivity index (χ1n) is 5.85. The van der Waals surface area contributed by atoms with Crippen LogP contribution in [0.2, 0.25) is 0 Å². The van der Waals surface area contributed by atoms with Crippen molar-refractivity contribution in [2.75, 3.05) is 0 Å². The van der Waals surface area contributed by atoms with Crippen LogP contribution in [0.15, 0.2) is 41.3 Å². The van der Waals surface area contributed by atoms with E-state index in [1.807, 2.05) is 0 Å². The molecule has 1 aromatic carbocycles. The molecule has 0 aliphatic carbocycles. The first-order valence-corrected chi connectivity index (χ1v) is 5.85. The highest BCUT2D eigenvalue weighted by atomic mass is 19.1. The molecule has 20 heavy (non-hydrogen) atoms. The highest BCUT2D eigenvalue weighted by Crippen LogP contribution is 2.19. The first-order chi connectivity index (χ1) is 9.47. The van der Waals surface area contributed by atoms with Crippen LogP contribution in [0.4, 0.5) is 4.39 Å². The van der Waals surface area contributed by atoms with Gasteiger partial charge in [-0.2, -0.15) is 0 Å². The SMILES string of the molecule is Cn1ccc(COc2ccc(C(N)=O)cc2F)cc1=O. The summed E-state index contributed by atoms with van der Waals surface area (Å²) >= 11 is 0. The van der Waals surface area contributed by atoms with E-state index in [1.54, 1.807) is 19.3 Å². The van der Waals surface area contributed by atoms with E-state index >= 15 is 0 Å². The van der Waals surface area contributed by atoms with Crippen LogP contribution in [-0.2, 0) is 13.7 Å². The van der Waals surface area contributed by atoms with E-state index < -0.39 is 11.7 Å². The molecule has 2 rings (SSSR count). The highest BCUT2D eigenvalue weighted by Gasteiger charge is 2.08. The lowest BCUT2D eigenvalue weighted by molar-refractivity contribution is 0.0999. The summed E-state index contributed by atoms with van der Waals surface area (Å²) < 4.78 is 20.4. The molecule has 1 amide bonds. The van der Waals surface area contributed by atoms with Crippen LogP contribution < -0.4 is 16.0 Å². The molecule has 0 saturated heterocycles. The quantitative estimate of drug-likeness (QED) is 0.911. The molecule has 1 heterocycles. The largest absolute Gasteiger partial charge is 0.486 e. The standard InChI is InChI=1S/C14H13FN2O3/c1-17-5-4-9(6-13(17)18)8-20-12-3-2-10(14(16)19)7-11(12)15/h2-7H,8H2,1H3,(H2,16,19). The second-order valence-corrected chi connectivity index (χ2v) is 4.28. The molecule has 5 nitrogen and oxygen atoms in total. The average Bonchev–Trinajstić information content (AvgIpc) is 2.41. The Hall–Kier alpha value is -2.63. The number of aryl methyl sites for hydroxylation is 1. The molecule has 0 atom stereocenters. The molecule has 2 aromatic rings. The van der Waals surface area contributed by atoms with E-state index in [4.69, 9.17) is 10.5 Å². The minimum Gasteiger partial charge on any atom is -0.486 e. The summed E-state index contributed by atoms with van der Waals surface area (Å²) in [6.45, 7) is 0.0585. The first kappa shape index (κ1) is 13.8. The van der Waals surface area contributed by atoms with Gasteiger partial charge in [0.2, 0.25) is 5.91 Å². The Bertz CT molecular complexity index is 710. The normalized spacial score (nSPS) is 10.3. The molecule has 104 valence electrons. The zero-order valence-corrected chi connectivity index (χ0v) is 10.8. The number of aromatic nitrogens is 1. The number of nitrogens with zero attached hydrogens (tertiary/aromatic N) is 1. The number of carbonyl (C=O) groups is 1. The number of halogens is 1. The van der Waals surface area contributed by atoms with Crippen LogP contribution in [0.3, 0.4) is 0 Å². The molecule has 0 radical (unpaired) electrons. The van der Waals surface area contributed by atoms with Gasteiger partial charge in [0.1, 0.15) is 6.61 Å². The maximum Gasteiger partial charge on any atom is 0.250 e. The maximum atomic E-state index is 13.7. The molecule has 2 N–H and O–H groups in total. The van der Waals surface area contributed by atoms with E-state index in [9.17, 15) is 14.0 Å². The van der Waals surface area contributed by atoms with E-state index in [2.05, 4.69) is 0 Å². The number of amides is 1. The summed E-state index contributed by atoms with van der Waals surface area (Å²) in [6, 6.07) is 6.84. The number of hydrogen-bond donors (Lipinski definition) is 1. The summed E-state index contributed by atoms with van der Waals surface area (Å²) in [4.78, 5) is 22.3. The Labute approximate surface area is 114 Å². The van der Waals surface area contributed by atoms with Gasteiger partial charge in [-0.3, -0.25) is 9.59 Å². The van der Waals surface area contributed by atoms with Crippen molar-refractivity contribution in [3.05, 3.63) is 63.8 Å². The average molecular weight is 276 g/mol. The maximum absolute atomic E-state index is 13.7. The van der Waals surface area contributed by atoms with Gasteiger partial charge in [-0.1, -0.05) is 0 Å². The van der Waals surface area contributed by atoms with Gasteiger partial charge in [-0.25, -0.2) is 4.39 Å². The van der Waals surface area contributed by atoms with Gasteiger partial charge < -0.3 is 15.0 Å². The third-order valence-electron chi connectivity index (χ3n) is 2.78.